The van der Waals surface area contributed by atoms with E-state index in [1.165, 1.54) is 57.1 Å². The molecule has 0 aromatic rings. The second-order valence-corrected chi connectivity index (χ2v) is 11.4. The summed E-state index contributed by atoms with van der Waals surface area (Å²) in [6.45, 7) is 0. The predicted molar refractivity (Wildman–Crippen MR) is 120 cm³/mol. The largest absolute Gasteiger partial charge is 0.391 e. The Morgan fingerprint density at radius 3 is 1.76 bits per heavy atom. The van der Waals surface area contributed by atoms with Crippen molar-refractivity contribution < 1.29 is 13.2 Å². The molecule has 0 unspecified atom stereocenters. The van der Waals surface area contributed by atoms with Gasteiger partial charge in [-0.15, -0.1) is 11.6 Å². The number of thioether (sulfide) groups is 1. The van der Waals surface area contributed by atoms with Crippen molar-refractivity contribution in [3.63, 3.8) is 0 Å². The summed E-state index contributed by atoms with van der Waals surface area (Å²) in [6, 6.07) is 0. The lowest BCUT2D eigenvalue weighted by molar-refractivity contribution is -0.183. The lowest BCUT2D eigenvalue weighted by Gasteiger charge is -2.29. The van der Waals surface area contributed by atoms with Gasteiger partial charge < -0.3 is 0 Å². The van der Waals surface area contributed by atoms with Gasteiger partial charge in [-0.25, -0.2) is 0 Å². The summed E-state index contributed by atoms with van der Waals surface area (Å²) in [6.07, 6.45) is 16.8. The first kappa shape index (κ1) is 23.6. The van der Waals surface area contributed by atoms with E-state index in [1.807, 2.05) is 0 Å². The van der Waals surface area contributed by atoms with Crippen LogP contribution >= 0.6 is 23.4 Å². The normalized spacial score (nSPS) is 37.4. The molecule has 0 saturated heterocycles. The molecule has 3 rings (SSSR count). The fraction of sp³-hybridized carbons (Fsp3) is 0.833. The molecule has 0 amide bonds. The summed E-state index contributed by atoms with van der Waals surface area (Å²) >= 11 is 8.40. The van der Waals surface area contributed by atoms with Gasteiger partial charge in [0.1, 0.15) is 0 Å². The van der Waals surface area contributed by atoms with Crippen LogP contribution in [0.1, 0.15) is 77.0 Å². The highest BCUT2D eigenvalue weighted by atomic mass is 35.5. The maximum absolute atomic E-state index is 12.7. The zero-order valence-electron chi connectivity index (χ0n) is 17.4. The van der Waals surface area contributed by atoms with Crippen LogP contribution in [0.25, 0.3) is 0 Å². The van der Waals surface area contributed by atoms with Crippen molar-refractivity contribution in [1.82, 2.24) is 0 Å². The van der Waals surface area contributed by atoms with Crippen molar-refractivity contribution >= 4 is 23.4 Å². The van der Waals surface area contributed by atoms with Gasteiger partial charge in [0.05, 0.1) is 5.92 Å². The van der Waals surface area contributed by atoms with Crippen LogP contribution in [0.4, 0.5) is 13.2 Å². The van der Waals surface area contributed by atoms with Crippen molar-refractivity contribution in [2.75, 3.05) is 5.75 Å². The average molecular weight is 449 g/mol. The van der Waals surface area contributed by atoms with Crippen molar-refractivity contribution in [1.29, 1.82) is 0 Å². The first-order valence-electron chi connectivity index (χ1n) is 11.6. The molecule has 5 heteroatoms. The summed E-state index contributed by atoms with van der Waals surface area (Å²) in [5, 5.41) is 1.25. The smallest absolute Gasteiger partial charge is 0.171 e. The van der Waals surface area contributed by atoms with E-state index >= 15 is 0 Å². The highest BCUT2D eigenvalue weighted by Gasteiger charge is 2.40. The summed E-state index contributed by atoms with van der Waals surface area (Å²) < 4.78 is 38.2. The van der Waals surface area contributed by atoms with Crippen LogP contribution in [0.15, 0.2) is 24.3 Å². The Kier molecular flexibility index (Phi) is 9.35. The Balaban J connectivity index is 1.27. The van der Waals surface area contributed by atoms with Gasteiger partial charge in [0.25, 0.3) is 0 Å². The minimum atomic E-state index is -4.00. The molecule has 0 nitrogen and oxygen atoms in total. The topological polar surface area (TPSA) is 0 Å². The maximum atomic E-state index is 12.7. The fourth-order valence-corrected chi connectivity index (χ4v) is 6.83. The lowest BCUT2D eigenvalue weighted by Crippen LogP contribution is -2.27. The van der Waals surface area contributed by atoms with E-state index in [0.717, 1.165) is 11.2 Å². The van der Waals surface area contributed by atoms with E-state index in [2.05, 4.69) is 36.1 Å². The van der Waals surface area contributed by atoms with Crippen molar-refractivity contribution in [2.24, 2.45) is 23.7 Å². The predicted octanol–water partition coefficient (Wildman–Crippen LogP) is 8.56. The lowest BCUT2D eigenvalue weighted by atomic mass is 9.81. The fourth-order valence-electron chi connectivity index (χ4n) is 5.09. The summed E-state index contributed by atoms with van der Waals surface area (Å²) in [5.74, 6) is 2.10. The van der Waals surface area contributed by atoms with Gasteiger partial charge in [0.2, 0.25) is 0 Å². The van der Waals surface area contributed by atoms with Crippen LogP contribution in [-0.4, -0.2) is 22.6 Å². The second-order valence-electron chi connectivity index (χ2n) is 9.41. The molecule has 0 aliphatic heterocycles. The Morgan fingerprint density at radius 2 is 1.24 bits per heavy atom. The third kappa shape index (κ3) is 8.16. The highest BCUT2D eigenvalue weighted by molar-refractivity contribution is 7.99. The van der Waals surface area contributed by atoms with Crippen LogP contribution in [-0.2, 0) is 0 Å². The Morgan fingerprint density at radius 1 is 0.724 bits per heavy atom. The van der Waals surface area contributed by atoms with Crippen molar-refractivity contribution in [2.45, 2.75) is 93.9 Å². The molecule has 0 atom stereocenters. The second kappa shape index (κ2) is 11.5. The molecule has 3 fully saturated rings. The van der Waals surface area contributed by atoms with Gasteiger partial charge in [-0.2, -0.15) is 24.9 Å². The van der Waals surface area contributed by atoms with Crippen molar-refractivity contribution in [3.05, 3.63) is 24.3 Å². The zero-order chi connectivity index (χ0) is 20.7. The Bertz CT molecular complexity index is 521. The number of rotatable bonds is 6. The minimum Gasteiger partial charge on any atom is -0.171 e. The third-order valence-corrected chi connectivity index (χ3v) is 9.22. The van der Waals surface area contributed by atoms with Gasteiger partial charge in [0, 0.05) is 10.6 Å². The number of hydrogen-bond acceptors (Lipinski definition) is 1. The van der Waals surface area contributed by atoms with Gasteiger partial charge in [-0.1, -0.05) is 24.3 Å². The van der Waals surface area contributed by atoms with E-state index in [-0.39, 0.29) is 12.8 Å². The molecule has 0 aromatic heterocycles. The minimum absolute atomic E-state index is 0.289. The summed E-state index contributed by atoms with van der Waals surface area (Å²) in [5.41, 5.74) is 0. The number of halogens is 4. The summed E-state index contributed by atoms with van der Waals surface area (Å²) in [7, 11) is 0. The van der Waals surface area contributed by atoms with Gasteiger partial charge in [0.15, 0.2) is 0 Å². The molecule has 0 aromatic carbocycles. The molecule has 0 heterocycles. The molecule has 166 valence electrons. The van der Waals surface area contributed by atoms with Gasteiger partial charge >= 0.3 is 6.18 Å². The highest BCUT2D eigenvalue weighted by Crippen LogP contribution is 2.40. The molecule has 0 bridgehead atoms. The first-order chi connectivity index (χ1) is 13.9. The van der Waals surface area contributed by atoms with Gasteiger partial charge in [-0.3, -0.25) is 0 Å². The standard InChI is InChI=1S/C24H36ClF3S/c25-22-13-7-20(8-14-22)17-29-23-15-9-19(10-16-23)4-2-1-3-18-5-11-21(12-6-18)24(26,27)28/h1-4,18-23H,5-17H2/b3-1+,4-2+. The molecule has 3 aliphatic carbocycles. The molecule has 3 saturated carbocycles. The van der Waals surface area contributed by atoms with Crippen LogP contribution in [0.2, 0.25) is 0 Å². The van der Waals surface area contributed by atoms with E-state index in [1.54, 1.807) is 0 Å². The van der Waals surface area contributed by atoms with Crippen LogP contribution in [0.3, 0.4) is 0 Å². The van der Waals surface area contributed by atoms with Gasteiger partial charge in [-0.05, 0) is 101 Å². The first-order valence-corrected chi connectivity index (χ1v) is 13.1. The quantitative estimate of drug-likeness (QED) is 0.289. The molecular weight excluding hydrogens is 413 g/mol. The van der Waals surface area contributed by atoms with Crippen molar-refractivity contribution in [3.8, 4) is 0 Å². The number of allylic oxidation sites excluding steroid dienone is 4. The SMILES string of the molecule is FC(F)(F)C1CCC(/C=C/C=C/C2CCC(SCC3CCC(Cl)CC3)CC2)CC1. The van der Waals surface area contributed by atoms with Crippen LogP contribution in [0.5, 0.6) is 0 Å². The molecule has 0 spiro atoms. The Labute approximate surface area is 184 Å². The molecule has 3 aliphatic rings. The van der Waals surface area contributed by atoms with E-state index < -0.39 is 12.1 Å². The third-order valence-electron chi connectivity index (χ3n) is 7.18. The number of hydrogen-bond donors (Lipinski definition) is 0. The van der Waals surface area contributed by atoms with E-state index in [0.29, 0.717) is 30.1 Å². The summed E-state index contributed by atoms with van der Waals surface area (Å²) in [4.78, 5) is 0. The van der Waals surface area contributed by atoms with E-state index in [9.17, 15) is 13.2 Å². The molecule has 29 heavy (non-hydrogen) atoms. The Hall–Kier alpha value is -0.0900. The van der Waals surface area contributed by atoms with Crippen LogP contribution in [0, 0.1) is 23.7 Å². The monoisotopic (exact) mass is 448 g/mol. The zero-order valence-corrected chi connectivity index (χ0v) is 19.0. The molecular formula is C24H36ClF3S. The van der Waals surface area contributed by atoms with Crippen LogP contribution < -0.4 is 0 Å². The average Bonchev–Trinajstić information content (AvgIpc) is 2.71. The molecule has 0 radical (unpaired) electrons. The maximum Gasteiger partial charge on any atom is 0.391 e. The molecule has 0 N–H and O–H groups in total. The van der Waals surface area contributed by atoms with E-state index in [4.69, 9.17) is 11.6 Å². The number of alkyl halides is 4.